The molecule has 0 aliphatic heterocycles. The van der Waals surface area contributed by atoms with Gasteiger partial charge in [0.2, 0.25) is 0 Å². The fraction of sp³-hybridized carbons (Fsp3) is 0.250. The second kappa shape index (κ2) is 3.88. The minimum atomic E-state index is -2.75. The van der Waals surface area contributed by atoms with Crippen LogP contribution in [0.5, 0.6) is 0 Å². The molecule has 14 heavy (non-hydrogen) atoms. The van der Waals surface area contributed by atoms with Crippen LogP contribution in [0, 0.1) is 6.92 Å². The van der Waals surface area contributed by atoms with Crippen molar-refractivity contribution in [1.82, 2.24) is 4.98 Å². The van der Waals surface area contributed by atoms with E-state index >= 15 is 0 Å². The molecule has 1 aromatic rings. The minimum Gasteiger partial charge on any atom is -0.477 e. The van der Waals surface area contributed by atoms with Gasteiger partial charge in [-0.2, -0.15) is 0 Å². The summed E-state index contributed by atoms with van der Waals surface area (Å²) in [6.07, 6.45) is -2.75. The normalized spacial score (nSPS) is 10.6. The lowest BCUT2D eigenvalue weighted by Crippen LogP contribution is -2.05. The molecule has 6 heteroatoms. The minimum absolute atomic E-state index is 0.164. The first-order chi connectivity index (χ1) is 6.43. The summed E-state index contributed by atoms with van der Waals surface area (Å²) in [6.45, 7) is 1.39. The molecular weight excluding hydrogens is 216 g/mol. The van der Waals surface area contributed by atoms with Crippen molar-refractivity contribution in [3.05, 3.63) is 28.0 Å². The third kappa shape index (κ3) is 1.98. The van der Waals surface area contributed by atoms with Gasteiger partial charge in [0, 0.05) is 0 Å². The van der Waals surface area contributed by atoms with Crippen molar-refractivity contribution in [1.29, 1.82) is 0 Å². The van der Waals surface area contributed by atoms with Crippen LogP contribution in [-0.2, 0) is 0 Å². The number of rotatable bonds is 2. The Morgan fingerprint density at radius 1 is 1.64 bits per heavy atom. The van der Waals surface area contributed by atoms with E-state index in [1.165, 1.54) is 6.92 Å². The Kier molecular flexibility index (Phi) is 3.00. The number of alkyl halides is 2. The molecule has 0 unspecified atom stereocenters. The van der Waals surface area contributed by atoms with E-state index in [0.29, 0.717) is 0 Å². The Labute approximate surface area is 83.3 Å². The van der Waals surface area contributed by atoms with Crippen molar-refractivity contribution >= 4 is 17.6 Å². The van der Waals surface area contributed by atoms with Crippen molar-refractivity contribution in [2.45, 2.75) is 13.3 Å². The number of halogens is 3. The lowest BCUT2D eigenvalue weighted by Gasteiger charge is -2.05. The summed E-state index contributed by atoms with van der Waals surface area (Å²) in [5.74, 6) is -1.29. The molecule has 76 valence electrons. The number of nitrogens with zero attached hydrogens (tertiary/aromatic N) is 1. The number of aromatic carboxylic acids is 1. The monoisotopic (exact) mass is 221 g/mol. The second-order valence-corrected chi connectivity index (χ2v) is 3.00. The van der Waals surface area contributed by atoms with E-state index in [9.17, 15) is 13.6 Å². The van der Waals surface area contributed by atoms with Crippen molar-refractivity contribution in [3.63, 3.8) is 0 Å². The summed E-state index contributed by atoms with van der Waals surface area (Å²) in [4.78, 5) is 13.9. The molecule has 0 spiro atoms. The first-order valence-corrected chi connectivity index (χ1v) is 3.99. The largest absolute Gasteiger partial charge is 0.477 e. The number of aromatic nitrogens is 1. The molecule has 0 aliphatic carbocycles. The Morgan fingerprint density at radius 3 is 2.64 bits per heavy atom. The molecular formula is C8H6ClF2NO2. The smallest absolute Gasteiger partial charge is 0.354 e. The fourth-order valence-electron chi connectivity index (χ4n) is 0.982. The van der Waals surface area contributed by atoms with E-state index in [4.69, 9.17) is 16.7 Å². The van der Waals surface area contributed by atoms with Gasteiger partial charge in [0.25, 0.3) is 6.43 Å². The number of hydrogen-bond donors (Lipinski definition) is 1. The van der Waals surface area contributed by atoms with Gasteiger partial charge < -0.3 is 5.11 Å². The van der Waals surface area contributed by atoms with Crippen molar-refractivity contribution < 1.29 is 18.7 Å². The predicted molar refractivity (Wildman–Crippen MR) is 45.9 cm³/mol. The summed E-state index contributed by atoms with van der Waals surface area (Å²) < 4.78 is 24.5. The van der Waals surface area contributed by atoms with Gasteiger partial charge in [0.1, 0.15) is 5.15 Å². The molecule has 0 aromatic carbocycles. The van der Waals surface area contributed by atoms with Crippen molar-refractivity contribution in [2.24, 2.45) is 0 Å². The number of hydrogen-bond acceptors (Lipinski definition) is 2. The average Bonchev–Trinajstić information content (AvgIpc) is 2.07. The van der Waals surface area contributed by atoms with Gasteiger partial charge >= 0.3 is 5.97 Å². The highest BCUT2D eigenvalue weighted by Crippen LogP contribution is 2.27. The van der Waals surface area contributed by atoms with Crippen LogP contribution < -0.4 is 0 Å². The highest BCUT2D eigenvalue weighted by molar-refractivity contribution is 6.30. The molecule has 0 fully saturated rings. The molecule has 0 aliphatic rings. The van der Waals surface area contributed by atoms with Gasteiger partial charge in [0.15, 0.2) is 5.69 Å². The fourth-order valence-corrected chi connectivity index (χ4v) is 1.20. The maximum absolute atomic E-state index is 12.3. The number of aryl methyl sites for hydroxylation is 1. The van der Waals surface area contributed by atoms with E-state index < -0.39 is 23.1 Å². The van der Waals surface area contributed by atoms with Crippen molar-refractivity contribution in [2.75, 3.05) is 0 Å². The van der Waals surface area contributed by atoms with Crippen LogP contribution in [0.1, 0.15) is 28.0 Å². The average molecular weight is 222 g/mol. The third-order valence-corrected chi connectivity index (χ3v) is 1.93. The van der Waals surface area contributed by atoms with Crippen LogP contribution in [-0.4, -0.2) is 16.1 Å². The van der Waals surface area contributed by atoms with Gasteiger partial charge in [-0.15, -0.1) is 0 Å². The molecule has 0 atom stereocenters. The topological polar surface area (TPSA) is 50.2 Å². The van der Waals surface area contributed by atoms with Crippen LogP contribution in [0.4, 0.5) is 8.78 Å². The Morgan fingerprint density at radius 2 is 2.21 bits per heavy atom. The molecule has 1 rings (SSSR count). The Balaban J connectivity index is 3.31. The summed E-state index contributed by atoms with van der Waals surface area (Å²) in [5.41, 5.74) is -0.592. The molecule has 0 bridgehead atoms. The van der Waals surface area contributed by atoms with E-state index in [-0.39, 0.29) is 11.3 Å². The van der Waals surface area contributed by atoms with Gasteiger partial charge in [-0.05, 0) is 18.6 Å². The lowest BCUT2D eigenvalue weighted by molar-refractivity contribution is 0.0689. The highest BCUT2D eigenvalue weighted by Gasteiger charge is 2.18. The maximum Gasteiger partial charge on any atom is 0.354 e. The third-order valence-electron chi connectivity index (χ3n) is 1.63. The van der Waals surface area contributed by atoms with Gasteiger partial charge in [-0.25, -0.2) is 18.6 Å². The standard InChI is InChI=1S/C8H6ClF2NO2/c1-3-2-4(7(10)11)6(9)12-5(3)8(13)14/h2,7H,1H3,(H,13,14). The molecule has 0 amide bonds. The second-order valence-electron chi connectivity index (χ2n) is 2.64. The lowest BCUT2D eigenvalue weighted by atomic mass is 10.1. The summed E-state index contributed by atoms with van der Waals surface area (Å²) in [6, 6.07) is 1.03. The molecule has 0 saturated carbocycles. The van der Waals surface area contributed by atoms with E-state index in [1.807, 2.05) is 0 Å². The number of pyridine rings is 1. The van der Waals surface area contributed by atoms with Crippen LogP contribution >= 0.6 is 11.6 Å². The molecule has 1 N–H and O–H groups in total. The molecule has 0 radical (unpaired) electrons. The number of carboxylic acid groups (broad SMARTS) is 1. The van der Waals surface area contributed by atoms with Gasteiger partial charge in [0.05, 0.1) is 5.56 Å². The van der Waals surface area contributed by atoms with E-state index in [0.717, 1.165) is 6.07 Å². The predicted octanol–water partition coefficient (Wildman–Crippen LogP) is 2.68. The van der Waals surface area contributed by atoms with Gasteiger partial charge in [-0.1, -0.05) is 11.6 Å². The Bertz CT molecular complexity index is 382. The van der Waals surface area contributed by atoms with Crippen molar-refractivity contribution in [3.8, 4) is 0 Å². The molecule has 3 nitrogen and oxygen atoms in total. The van der Waals surface area contributed by atoms with Crippen LogP contribution in [0.15, 0.2) is 6.07 Å². The zero-order chi connectivity index (χ0) is 10.9. The summed E-state index contributed by atoms with van der Waals surface area (Å²) in [5, 5.41) is 8.14. The Hall–Kier alpha value is -1.23. The number of carbonyl (C=O) groups is 1. The zero-order valence-corrected chi connectivity index (χ0v) is 7.85. The van der Waals surface area contributed by atoms with Crippen LogP contribution in [0.25, 0.3) is 0 Å². The zero-order valence-electron chi connectivity index (χ0n) is 7.09. The van der Waals surface area contributed by atoms with Crippen LogP contribution in [0.2, 0.25) is 5.15 Å². The van der Waals surface area contributed by atoms with Crippen LogP contribution in [0.3, 0.4) is 0 Å². The maximum atomic E-state index is 12.3. The number of carboxylic acids is 1. The molecule has 0 saturated heterocycles. The molecule has 1 heterocycles. The van der Waals surface area contributed by atoms with E-state index in [2.05, 4.69) is 4.98 Å². The first-order valence-electron chi connectivity index (χ1n) is 3.62. The SMILES string of the molecule is Cc1cc(C(F)F)c(Cl)nc1C(=O)O. The first kappa shape index (κ1) is 10.8. The quantitative estimate of drug-likeness (QED) is 0.781. The summed E-state index contributed by atoms with van der Waals surface area (Å²) in [7, 11) is 0. The summed E-state index contributed by atoms with van der Waals surface area (Å²) >= 11 is 5.39. The van der Waals surface area contributed by atoms with Gasteiger partial charge in [-0.3, -0.25) is 0 Å². The molecule has 1 aromatic heterocycles. The highest BCUT2D eigenvalue weighted by atomic mass is 35.5. The van der Waals surface area contributed by atoms with E-state index in [1.54, 1.807) is 0 Å².